The van der Waals surface area contributed by atoms with Gasteiger partial charge in [-0.2, -0.15) is 0 Å². The number of aryl methyl sites for hydroxylation is 1. The lowest BCUT2D eigenvalue weighted by Gasteiger charge is -2.01. The van der Waals surface area contributed by atoms with Gasteiger partial charge in [-0.1, -0.05) is 24.3 Å². The number of benzene rings is 1. The second-order valence-electron chi connectivity index (χ2n) is 2.51. The summed E-state index contributed by atoms with van der Waals surface area (Å²) in [6.07, 6.45) is 3.83. The summed E-state index contributed by atoms with van der Waals surface area (Å²) in [4.78, 5) is 8.00. The molecule has 13 heavy (non-hydrogen) atoms. The van der Waals surface area contributed by atoms with Gasteiger partial charge in [-0.3, -0.25) is 0 Å². The first-order valence-electron chi connectivity index (χ1n) is 3.96. The standard InChI is InChI=1S/C10H12O.CH2O/c1-3-5-9-8(2)6-4-7-10(9)11;1-2/h3-7,11H,1-2H3;1H2. The third-order valence-corrected chi connectivity index (χ3v) is 1.63. The Morgan fingerprint density at radius 3 is 2.46 bits per heavy atom. The molecule has 1 aromatic rings. The lowest BCUT2D eigenvalue weighted by Crippen LogP contribution is -1.79. The fraction of sp³-hybridized carbons (Fsp3) is 0.182. The summed E-state index contributed by atoms with van der Waals surface area (Å²) in [7, 11) is 0. The smallest absolute Gasteiger partial charge is 0.123 e. The summed E-state index contributed by atoms with van der Waals surface area (Å²) < 4.78 is 0. The molecule has 0 fully saturated rings. The average Bonchev–Trinajstić information content (AvgIpc) is 2.15. The highest BCUT2D eigenvalue weighted by atomic mass is 16.3. The Bertz CT molecular complexity index is 270. The Morgan fingerprint density at radius 2 is 2.00 bits per heavy atom. The third kappa shape index (κ3) is 3.11. The van der Waals surface area contributed by atoms with Gasteiger partial charge in [0.15, 0.2) is 0 Å². The maximum absolute atomic E-state index is 9.37. The lowest BCUT2D eigenvalue weighted by molar-refractivity contribution is -0.0979. The number of aromatic hydroxyl groups is 1. The van der Waals surface area contributed by atoms with Crippen molar-refractivity contribution in [3.63, 3.8) is 0 Å². The molecule has 0 saturated heterocycles. The Hall–Kier alpha value is -1.57. The van der Waals surface area contributed by atoms with Crippen LogP contribution in [0.1, 0.15) is 18.1 Å². The first-order chi connectivity index (χ1) is 6.25. The van der Waals surface area contributed by atoms with Gasteiger partial charge in [-0.15, -0.1) is 0 Å². The molecule has 0 amide bonds. The molecule has 2 nitrogen and oxygen atoms in total. The van der Waals surface area contributed by atoms with Crippen LogP contribution < -0.4 is 0 Å². The molecule has 0 aliphatic heterocycles. The molecule has 0 spiro atoms. The zero-order valence-electron chi connectivity index (χ0n) is 7.95. The number of hydrogen-bond donors (Lipinski definition) is 1. The maximum Gasteiger partial charge on any atom is 0.123 e. The summed E-state index contributed by atoms with van der Waals surface area (Å²) in [5, 5.41) is 9.37. The summed E-state index contributed by atoms with van der Waals surface area (Å²) in [5.41, 5.74) is 2.01. The quantitative estimate of drug-likeness (QED) is 0.717. The van der Waals surface area contributed by atoms with Crippen LogP contribution in [0.4, 0.5) is 0 Å². The zero-order valence-corrected chi connectivity index (χ0v) is 7.95. The zero-order chi connectivity index (χ0) is 10.3. The maximum atomic E-state index is 9.37. The van der Waals surface area contributed by atoms with Crippen LogP contribution >= 0.6 is 0 Å². The molecule has 1 aromatic carbocycles. The molecule has 0 heterocycles. The van der Waals surface area contributed by atoms with E-state index in [-0.39, 0.29) is 0 Å². The molecule has 0 unspecified atom stereocenters. The van der Waals surface area contributed by atoms with E-state index in [0.717, 1.165) is 11.1 Å². The summed E-state index contributed by atoms with van der Waals surface area (Å²) in [5.74, 6) is 0.350. The van der Waals surface area contributed by atoms with Crippen molar-refractivity contribution in [1.82, 2.24) is 0 Å². The van der Waals surface area contributed by atoms with Crippen molar-refractivity contribution >= 4 is 12.9 Å². The average molecular weight is 178 g/mol. The Balaban J connectivity index is 0.000000671. The minimum atomic E-state index is 0.350. The van der Waals surface area contributed by atoms with Crippen LogP contribution in [0, 0.1) is 6.92 Å². The third-order valence-electron chi connectivity index (χ3n) is 1.63. The van der Waals surface area contributed by atoms with Gasteiger partial charge in [0.1, 0.15) is 12.5 Å². The Kier molecular flexibility index (Phi) is 5.28. The largest absolute Gasteiger partial charge is 0.507 e. The highest BCUT2D eigenvalue weighted by Gasteiger charge is 1.97. The second-order valence-corrected chi connectivity index (χ2v) is 2.51. The van der Waals surface area contributed by atoms with E-state index in [2.05, 4.69) is 0 Å². The van der Waals surface area contributed by atoms with Gasteiger partial charge in [-0.25, -0.2) is 0 Å². The van der Waals surface area contributed by atoms with E-state index in [9.17, 15) is 5.11 Å². The van der Waals surface area contributed by atoms with Gasteiger partial charge in [0.05, 0.1) is 0 Å². The van der Waals surface area contributed by atoms with Crippen LogP contribution in [0.5, 0.6) is 5.75 Å². The Labute approximate surface area is 78.5 Å². The number of carbonyl (C=O) groups is 1. The number of carbonyl (C=O) groups excluding carboxylic acids is 1. The van der Waals surface area contributed by atoms with Crippen LogP contribution in [-0.4, -0.2) is 11.9 Å². The van der Waals surface area contributed by atoms with E-state index in [0.29, 0.717) is 5.75 Å². The van der Waals surface area contributed by atoms with Gasteiger partial charge in [0.25, 0.3) is 0 Å². The van der Waals surface area contributed by atoms with Crippen LogP contribution in [-0.2, 0) is 4.79 Å². The van der Waals surface area contributed by atoms with Gasteiger partial charge < -0.3 is 9.90 Å². The molecule has 70 valence electrons. The molecule has 0 aliphatic carbocycles. The van der Waals surface area contributed by atoms with Crippen LogP contribution in [0.3, 0.4) is 0 Å². The van der Waals surface area contributed by atoms with E-state index in [1.54, 1.807) is 6.07 Å². The SMILES string of the molecule is C=O.CC=Cc1c(C)cccc1O. The first kappa shape index (κ1) is 11.4. The minimum Gasteiger partial charge on any atom is -0.507 e. The van der Waals surface area contributed by atoms with Crippen LogP contribution in [0.25, 0.3) is 6.08 Å². The van der Waals surface area contributed by atoms with Gasteiger partial charge >= 0.3 is 0 Å². The van der Waals surface area contributed by atoms with E-state index in [1.165, 1.54) is 0 Å². The van der Waals surface area contributed by atoms with E-state index >= 15 is 0 Å². The highest BCUT2D eigenvalue weighted by molar-refractivity contribution is 5.60. The number of phenolic OH excluding ortho intramolecular Hbond substituents is 1. The van der Waals surface area contributed by atoms with E-state index in [4.69, 9.17) is 4.79 Å². The minimum absolute atomic E-state index is 0.350. The summed E-state index contributed by atoms with van der Waals surface area (Å²) >= 11 is 0. The van der Waals surface area contributed by atoms with Gasteiger partial charge in [0.2, 0.25) is 0 Å². The fourth-order valence-electron chi connectivity index (χ4n) is 1.05. The molecule has 0 atom stereocenters. The van der Waals surface area contributed by atoms with Crippen molar-refractivity contribution in [2.75, 3.05) is 0 Å². The Morgan fingerprint density at radius 1 is 1.38 bits per heavy atom. The van der Waals surface area contributed by atoms with E-state index in [1.807, 2.05) is 44.9 Å². The monoisotopic (exact) mass is 178 g/mol. The van der Waals surface area contributed by atoms with Gasteiger partial charge in [0, 0.05) is 5.56 Å². The summed E-state index contributed by atoms with van der Waals surface area (Å²) in [6, 6.07) is 5.52. The van der Waals surface area contributed by atoms with Crippen molar-refractivity contribution in [3.8, 4) is 5.75 Å². The first-order valence-corrected chi connectivity index (χ1v) is 3.96. The molecular weight excluding hydrogens is 164 g/mol. The van der Waals surface area contributed by atoms with Crippen LogP contribution in [0.2, 0.25) is 0 Å². The van der Waals surface area contributed by atoms with Gasteiger partial charge in [-0.05, 0) is 25.5 Å². The van der Waals surface area contributed by atoms with Crippen molar-refractivity contribution in [3.05, 3.63) is 35.4 Å². The number of allylic oxidation sites excluding steroid dienone is 1. The predicted octanol–water partition coefficient (Wildman–Crippen LogP) is 2.55. The van der Waals surface area contributed by atoms with Crippen molar-refractivity contribution in [1.29, 1.82) is 0 Å². The summed E-state index contributed by atoms with van der Waals surface area (Å²) in [6.45, 7) is 5.92. The molecule has 1 rings (SSSR count). The molecule has 2 heteroatoms. The number of rotatable bonds is 1. The molecule has 1 N–H and O–H groups in total. The van der Waals surface area contributed by atoms with Crippen molar-refractivity contribution in [2.24, 2.45) is 0 Å². The van der Waals surface area contributed by atoms with Crippen molar-refractivity contribution < 1.29 is 9.90 Å². The molecule has 0 aliphatic rings. The lowest BCUT2D eigenvalue weighted by atomic mass is 10.1. The normalized spacial score (nSPS) is 9.38. The number of phenols is 1. The van der Waals surface area contributed by atoms with Crippen LogP contribution in [0.15, 0.2) is 24.3 Å². The molecule has 0 bridgehead atoms. The van der Waals surface area contributed by atoms with Crippen molar-refractivity contribution in [2.45, 2.75) is 13.8 Å². The second kappa shape index (κ2) is 6.00. The highest BCUT2D eigenvalue weighted by Crippen LogP contribution is 2.21. The molecule has 0 saturated carbocycles. The molecule has 0 aromatic heterocycles. The van der Waals surface area contributed by atoms with E-state index < -0.39 is 0 Å². The number of hydrogen-bond acceptors (Lipinski definition) is 2. The topological polar surface area (TPSA) is 37.3 Å². The predicted molar refractivity (Wildman–Crippen MR) is 54.7 cm³/mol. The molecular formula is C11H14O2. The molecule has 0 radical (unpaired) electrons. The fourth-order valence-corrected chi connectivity index (χ4v) is 1.05.